The lowest BCUT2D eigenvalue weighted by Gasteiger charge is -2.42. The molecule has 1 saturated carbocycles. The lowest BCUT2D eigenvalue weighted by Crippen LogP contribution is -2.46. The Hall–Kier alpha value is -0.580. The second-order valence-electron chi connectivity index (χ2n) is 26.2. The maximum absolute atomic E-state index is 3.95. The molecule has 5 rings (SSSR count). The van der Waals surface area contributed by atoms with E-state index in [1.54, 1.807) is 0 Å². The Morgan fingerprint density at radius 1 is 0.483 bits per heavy atom. The van der Waals surface area contributed by atoms with E-state index in [1.807, 2.05) is 0 Å². The van der Waals surface area contributed by atoms with Gasteiger partial charge in [0.2, 0.25) is 0 Å². The van der Waals surface area contributed by atoms with Gasteiger partial charge in [0.25, 0.3) is 0 Å². The van der Waals surface area contributed by atoms with Crippen molar-refractivity contribution < 1.29 is 0 Å². The molecule has 346 valence electrons. The molecule has 0 aromatic heterocycles. The van der Waals surface area contributed by atoms with E-state index in [-0.39, 0.29) is 0 Å². The highest BCUT2D eigenvalue weighted by Gasteiger charge is 2.28. The van der Waals surface area contributed by atoms with Crippen LogP contribution >= 0.6 is 0 Å². The van der Waals surface area contributed by atoms with E-state index in [0.717, 1.165) is 23.7 Å². The predicted octanol–water partition coefficient (Wildman–Crippen LogP) is 14.9. The third-order valence-electron chi connectivity index (χ3n) is 13.2. The van der Waals surface area contributed by atoms with E-state index >= 15 is 0 Å². The van der Waals surface area contributed by atoms with Gasteiger partial charge in [-0.3, -0.25) is 0 Å². The van der Waals surface area contributed by atoms with Crippen LogP contribution < -0.4 is 0 Å². The molecule has 0 N–H and O–H groups in total. The summed E-state index contributed by atoms with van der Waals surface area (Å²) < 4.78 is 0. The van der Waals surface area contributed by atoms with E-state index < -0.39 is 0 Å². The van der Waals surface area contributed by atoms with Gasteiger partial charge in [-0.2, -0.15) is 0 Å². The summed E-state index contributed by atoms with van der Waals surface area (Å²) in [5.74, 6) is 4.03. The van der Waals surface area contributed by atoms with E-state index in [0.29, 0.717) is 27.1 Å². The van der Waals surface area contributed by atoms with Gasteiger partial charge in [-0.1, -0.05) is 143 Å². The molecule has 4 nitrogen and oxygen atoms in total. The highest BCUT2D eigenvalue weighted by molar-refractivity contribution is 4.96. The highest BCUT2D eigenvalue weighted by atomic mass is 15.2. The van der Waals surface area contributed by atoms with Crippen LogP contribution in [0, 0.1) is 50.7 Å². The molecule has 0 unspecified atom stereocenters. The van der Waals surface area contributed by atoms with Crippen molar-refractivity contribution >= 4 is 0 Å². The summed E-state index contributed by atoms with van der Waals surface area (Å²) >= 11 is 0. The first kappa shape index (κ1) is 55.4. The maximum Gasteiger partial charge on any atom is 0.0220 e. The SMILES string of the molecule is C=C(C)N1CC(CCC(C)(C)C)C1.CC(C)(C)CCC1CCC1.CC(C)(C)CCCCN1CCC1.CCN1CC(CCC(C)(C)C)C1.CN1CC(CCC(C)(C)C)C1. The Labute approximate surface area is 367 Å². The average molecular weight is 816 g/mol. The van der Waals surface area contributed by atoms with Crippen molar-refractivity contribution in [2.24, 2.45) is 50.7 Å². The Morgan fingerprint density at radius 2 is 0.862 bits per heavy atom. The normalized spacial score (nSPS) is 20.2. The van der Waals surface area contributed by atoms with Crippen molar-refractivity contribution in [3.8, 4) is 0 Å². The highest BCUT2D eigenvalue weighted by Crippen LogP contribution is 2.35. The van der Waals surface area contributed by atoms with Crippen LogP contribution in [0.3, 0.4) is 0 Å². The van der Waals surface area contributed by atoms with Crippen molar-refractivity contribution in [2.45, 2.75) is 214 Å². The zero-order valence-corrected chi connectivity index (χ0v) is 43.5. The first-order valence-corrected chi connectivity index (χ1v) is 25.1. The molecule has 4 heteroatoms. The Kier molecular flexibility index (Phi) is 25.0. The molecule has 5 fully saturated rings. The number of nitrogens with zero attached hydrogens (tertiary/aromatic N) is 4. The quantitative estimate of drug-likeness (QED) is 0.162. The third-order valence-corrected chi connectivity index (χ3v) is 13.2. The largest absolute Gasteiger partial charge is 0.375 e. The van der Waals surface area contributed by atoms with Crippen molar-refractivity contribution in [1.29, 1.82) is 0 Å². The fourth-order valence-corrected chi connectivity index (χ4v) is 8.12. The van der Waals surface area contributed by atoms with Gasteiger partial charge in [-0.05, 0) is 162 Å². The fraction of sp³-hybridized carbons (Fsp3) is 0.963. The van der Waals surface area contributed by atoms with Crippen molar-refractivity contribution in [3.05, 3.63) is 12.3 Å². The van der Waals surface area contributed by atoms with E-state index in [4.69, 9.17) is 0 Å². The lowest BCUT2D eigenvalue weighted by molar-refractivity contribution is 0.0913. The molecule has 1 aliphatic carbocycles. The summed E-state index contributed by atoms with van der Waals surface area (Å²) in [5.41, 5.74) is 3.90. The van der Waals surface area contributed by atoms with Crippen LogP contribution in [0.1, 0.15) is 214 Å². The molecule has 0 aromatic rings. The average Bonchev–Trinajstić information content (AvgIpc) is 2.94. The van der Waals surface area contributed by atoms with Gasteiger partial charge in [-0.25, -0.2) is 0 Å². The third kappa shape index (κ3) is 30.4. The molecule has 5 aliphatic rings. The lowest BCUT2D eigenvalue weighted by atomic mass is 9.78. The zero-order chi connectivity index (χ0) is 44.4. The van der Waals surface area contributed by atoms with Crippen LogP contribution in [0.15, 0.2) is 12.3 Å². The summed E-state index contributed by atoms with van der Waals surface area (Å²) in [4.78, 5) is 9.84. The summed E-state index contributed by atoms with van der Waals surface area (Å²) in [5, 5.41) is 0. The monoisotopic (exact) mass is 815 g/mol. The standard InChI is InChI=1S/C12H23N.2C11H23N.C10H21N.C10H20/c1-10(2)13-8-11(9-13)6-7-12(3,4)5;1-11(2,3)7-4-5-8-12-9-6-10-12;1-5-12-8-10(9-12)6-7-11(2,3)4;1-10(2,3)6-5-9-7-11(4)8-9;1-10(2,3)8-7-9-5-4-6-9/h11H,1,6-9H2,2-5H3;4-10H2,1-3H3;10H,5-9H2,1-4H3;9H,5-8H2,1-4H3;9H,4-8H2,1-3H3. The fourth-order valence-electron chi connectivity index (χ4n) is 8.12. The minimum absolute atomic E-state index is 0.504. The van der Waals surface area contributed by atoms with Crippen molar-refractivity contribution in [3.63, 3.8) is 0 Å². The molecule has 0 radical (unpaired) electrons. The number of rotatable bonds is 14. The van der Waals surface area contributed by atoms with E-state index in [1.165, 1.54) is 167 Å². The number of allylic oxidation sites excluding steroid dienone is 1. The number of likely N-dealkylation sites (tertiary alicyclic amines) is 4. The van der Waals surface area contributed by atoms with Crippen LogP contribution in [-0.2, 0) is 0 Å². The van der Waals surface area contributed by atoms with Gasteiger partial charge in [0.05, 0.1) is 0 Å². The summed E-state index contributed by atoms with van der Waals surface area (Å²) in [7, 11) is 2.20. The van der Waals surface area contributed by atoms with Gasteiger partial charge in [-0.15, -0.1) is 0 Å². The molecule has 4 aliphatic heterocycles. The molecule has 0 bridgehead atoms. The van der Waals surface area contributed by atoms with Gasteiger partial charge >= 0.3 is 0 Å². The van der Waals surface area contributed by atoms with Crippen LogP contribution in [0.4, 0.5) is 0 Å². The first-order chi connectivity index (χ1) is 26.5. The summed E-state index contributed by atoms with van der Waals surface area (Å²) in [6.07, 6.45) is 21.4. The van der Waals surface area contributed by atoms with Gasteiger partial charge in [0.15, 0.2) is 0 Å². The molecule has 4 heterocycles. The minimum Gasteiger partial charge on any atom is -0.375 e. The van der Waals surface area contributed by atoms with Crippen LogP contribution in [0.2, 0.25) is 0 Å². The van der Waals surface area contributed by atoms with Crippen LogP contribution in [0.25, 0.3) is 0 Å². The molecular weight excluding hydrogens is 705 g/mol. The first-order valence-electron chi connectivity index (χ1n) is 25.1. The summed E-state index contributed by atoms with van der Waals surface area (Å²) in [6, 6.07) is 0. The Morgan fingerprint density at radius 3 is 1.16 bits per heavy atom. The topological polar surface area (TPSA) is 13.0 Å². The smallest absolute Gasteiger partial charge is 0.0220 e. The van der Waals surface area contributed by atoms with Crippen molar-refractivity contribution in [1.82, 2.24) is 19.6 Å². The number of hydrogen-bond donors (Lipinski definition) is 0. The number of unbranched alkanes of at least 4 members (excludes halogenated alkanes) is 1. The second kappa shape index (κ2) is 26.1. The van der Waals surface area contributed by atoms with Gasteiger partial charge in [0.1, 0.15) is 0 Å². The Bertz CT molecular complexity index is 1030. The Balaban J connectivity index is 0.000000363. The van der Waals surface area contributed by atoms with E-state index in [2.05, 4.69) is 151 Å². The zero-order valence-electron chi connectivity index (χ0n) is 43.5. The van der Waals surface area contributed by atoms with Gasteiger partial charge < -0.3 is 19.6 Å². The van der Waals surface area contributed by atoms with Crippen LogP contribution in [-0.4, -0.2) is 92.1 Å². The van der Waals surface area contributed by atoms with Crippen molar-refractivity contribution in [2.75, 3.05) is 72.5 Å². The predicted molar refractivity (Wildman–Crippen MR) is 263 cm³/mol. The van der Waals surface area contributed by atoms with Crippen LogP contribution in [0.5, 0.6) is 0 Å². The molecule has 58 heavy (non-hydrogen) atoms. The van der Waals surface area contributed by atoms with Gasteiger partial charge in [0, 0.05) is 45.0 Å². The van der Waals surface area contributed by atoms with E-state index in [9.17, 15) is 0 Å². The molecule has 0 spiro atoms. The molecule has 4 saturated heterocycles. The maximum atomic E-state index is 3.95. The second-order valence-corrected chi connectivity index (χ2v) is 26.2. The summed E-state index contributed by atoms with van der Waals surface area (Å²) in [6.45, 7) is 56.4. The molecule has 0 aromatic carbocycles. The molecule has 0 amide bonds. The minimum atomic E-state index is 0.504. The molecule has 0 atom stereocenters. The molecular formula is C54H110N4. The number of hydrogen-bond acceptors (Lipinski definition) is 4.